The van der Waals surface area contributed by atoms with E-state index in [1.54, 1.807) is 0 Å². The van der Waals surface area contributed by atoms with E-state index in [1.807, 2.05) is 0 Å². The molecular weight excluding hydrogens is 124 g/mol. The Labute approximate surface area is 62.5 Å². The molecule has 0 aromatic rings. The number of rotatable bonds is 4. The molecule has 0 aromatic heterocycles. The highest BCUT2D eigenvalue weighted by molar-refractivity contribution is 6.11. The van der Waals surface area contributed by atoms with Gasteiger partial charge in [-0.1, -0.05) is 45.6 Å². The topological polar surface area (TPSA) is 0 Å². The molecule has 1 atom stereocenters. The molecule has 56 valence electrons. The highest BCUT2D eigenvalue weighted by Gasteiger charge is 2.09. The Kier molecular flexibility index (Phi) is 5.16. The van der Waals surface area contributed by atoms with E-state index in [4.69, 9.17) is 0 Å². The molecule has 0 saturated heterocycles. The summed E-state index contributed by atoms with van der Waals surface area (Å²) in [7, 11) is 1.39. The van der Waals surface area contributed by atoms with Gasteiger partial charge in [-0.25, -0.2) is 0 Å². The average molecular weight is 144 g/mol. The van der Waals surface area contributed by atoms with Crippen LogP contribution in [0.2, 0.25) is 5.54 Å². The minimum Gasteiger partial charge on any atom is -0.0654 e. The first-order valence-corrected chi connectivity index (χ1v) is 5.41. The molecule has 1 unspecified atom stereocenters. The van der Waals surface area contributed by atoms with Crippen molar-refractivity contribution >= 4 is 10.2 Å². The van der Waals surface area contributed by atoms with Crippen LogP contribution in [0.25, 0.3) is 0 Å². The first-order chi connectivity index (χ1) is 4.26. The Morgan fingerprint density at radius 2 is 1.44 bits per heavy atom. The van der Waals surface area contributed by atoms with E-state index in [1.165, 1.54) is 29.5 Å². The maximum atomic E-state index is 2.32. The Morgan fingerprint density at radius 3 is 1.56 bits per heavy atom. The lowest BCUT2D eigenvalue weighted by Crippen LogP contribution is -2.05. The molecule has 1 heteroatoms. The van der Waals surface area contributed by atoms with Crippen molar-refractivity contribution in [3.8, 4) is 0 Å². The lowest BCUT2D eigenvalue weighted by Gasteiger charge is -2.18. The predicted octanol–water partition coefficient (Wildman–Crippen LogP) is 1.99. The van der Waals surface area contributed by atoms with E-state index in [-0.39, 0.29) is 0 Å². The Bertz CT molecular complexity index is 57.6. The van der Waals surface area contributed by atoms with Gasteiger partial charge in [-0.05, 0) is 5.92 Å². The normalized spacial score (nSPS) is 14.7. The Morgan fingerprint density at radius 1 is 1.00 bits per heavy atom. The third-order valence-corrected chi connectivity index (χ3v) is 4.26. The molecule has 0 fully saturated rings. The summed E-state index contributed by atoms with van der Waals surface area (Å²) in [5, 5.41) is 0. The third kappa shape index (κ3) is 3.04. The van der Waals surface area contributed by atoms with Crippen molar-refractivity contribution in [2.75, 3.05) is 0 Å². The van der Waals surface area contributed by atoms with E-state index in [2.05, 4.69) is 20.8 Å². The molecule has 9 heavy (non-hydrogen) atoms. The van der Waals surface area contributed by atoms with Crippen molar-refractivity contribution in [3.05, 3.63) is 0 Å². The predicted molar refractivity (Wildman–Crippen MR) is 48.1 cm³/mol. The molecule has 0 aromatic carbocycles. The van der Waals surface area contributed by atoms with Crippen molar-refractivity contribution in [3.63, 3.8) is 0 Å². The van der Waals surface area contributed by atoms with Crippen molar-refractivity contribution in [2.24, 2.45) is 5.92 Å². The van der Waals surface area contributed by atoms with Crippen LogP contribution >= 0.6 is 0 Å². The average Bonchev–Trinajstić information content (AvgIpc) is 1.90. The smallest absolute Gasteiger partial charge is 0.00706 e. The van der Waals surface area contributed by atoms with E-state index in [9.17, 15) is 0 Å². The largest absolute Gasteiger partial charge is 0.0654 e. The van der Waals surface area contributed by atoms with Gasteiger partial charge >= 0.3 is 0 Å². The molecule has 0 saturated carbocycles. The van der Waals surface area contributed by atoms with Gasteiger partial charge in [0.1, 0.15) is 0 Å². The van der Waals surface area contributed by atoms with Gasteiger partial charge in [0, 0.05) is 10.2 Å². The molecule has 0 amide bonds. The molecule has 0 spiro atoms. The maximum Gasteiger partial charge on any atom is 0.00706 e. The molecule has 0 aliphatic rings. The lowest BCUT2D eigenvalue weighted by molar-refractivity contribution is 0.451. The second-order valence-corrected chi connectivity index (χ2v) is 4.45. The summed E-state index contributed by atoms with van der Waals surface area (Å²) in [5.41, 5.74) is 1.07. The van der Waals surface area contributed by atoms with Crippen LogP contribution in [0.1, 0.15) is 40.0 Å². The first kappa shape index (κ1) is 9.22. The van der Waals surface area contributed by atoms with Gasteiger partial charge in [-0.2, -0.15) is 0 Å². The summed E-state index contributed by atoms with van der Waals surface area (Å²) in [6.07, 6.45) is 4.18. The van der Waals surface area contributed by atoms with Crippen LogP contribution in [0, 0.1) is 5.92 Å². The maximum absolute atomic E-state index is 2.32. The van der Waals surface area contributed by atoms with Crippen molar-refractivity contribution in [2.45, 2.75) is 45.6 Å². The number of hydrogen-bond donors (Lipinski definition) is 0. The van der Waals surface area contributed by atoms with Crippen molar-refractivity contribution < 1.29 is 0 Å². The molecule has 0 heterocycles. The van der Waals surface area contributed by atoms with Crippen LogP contribution in [-0.4, -0.2) is 10.2 Å². The van der Waals surface area contributed by atoms with Gasteiger partial charge in [0.25, 0.3) is 0 Å². The van der Waals surface area contributed by atoms with Gasteiger partial charge in [-0.15, -0.1) is 0 Å². The Hall–Kier alpha value is 0.217. The van der Waals surface area contributed by atoms with Gasteiger partial charge in [0.2, 0.25) is 0 Å². The summed E-state index contributed by atoms with van der Waals surface area (Å²) in [6.45, 7) is 6.94. The molecule has 0 radical (unpaired) electrons. The zero-order chi connectivity index (χ0) is 7.28. The molecule has 0 N–H and O–H groups in total. The first-order valence-electron chi connectivity index (χ1n) is 4.26. The highest BCUT2D eigenvalue weighted by atomic mass is 28.1. The van der Waals surface area contributed by atoms with Crippen LogP contribution in [0.15, 0.2) is 0 Å². The van der Waals surface area contributed by atoms with Crippen molar-refractivity contribution in [1.29, 1.82) is 0 Å². The third-order valence-electron chi connectivity index (χ3n) is 2.50. The zero-order valence-electron chi connectivity index (χ0n) is 7.28. The second-order valence-electron chi connectivity index (χ2n) is 2.96. The van der Waals surface area contributed by atoms with E-state index >= 15 is 0 Å². The fourth-order valence-corrected chi connectivity index (χ4v) is 2.37. The summed E-state index contributed by atoms with van der Waals surface area (Å²) < 4.78 is 0. The van der Waals surface area contributed by atoms with Crippen LogP contribution in [0.3, 0.4) is 0 Å². The molecule has 0 bridgehead atoms. The van der Waals surface area contributed by atoms with Crippen molar-refractivity contribution in [1.82, 2.24) is 0 Å². The minimum atomic E-state index is 1.03. The summed E-state index contributed by atoms with van der Waals surface area (Å²) in [5.74, 6) is 1.03. The Balaban J connectivity index is 3.50. The van der Waals surface area contributed by atoms with Gasteiger partial charge in [0.15, 0.2) is 0 Å². The van der Waals surface area contributed by atoms with Crippen LogP contribution < -0.4 is 0 Å². The van der Waals surface area contributed by atoms with Gasteiger partial charge in [0.05, 0.1) is 0 Å². The standard InChI is InChI=1S/C8H20Si/c1-4-7(5-2)8(9)6-3/h7-8H,4-6H2,1-3,9H3. The van der Waals surface area contributed by atoms with Crippen LogP contribution in [0.4, 0.5) is 0 Å². The number of hydrogen-bond acceptors (Lipinski definition) is 0. The minimum absolute atomic E-state index is 1.03. The van der Waals surface area contributed by atoms with E-state index in [0.29, 0.717) is 0 Å². The molecule has 0 aliphatic carbocycles. The van der Waals surface area contributed by atoms with Crippen LogP contribution in [-0.2, 0) is 0 Å². The lowest BCUT2D eigenvalue weighted by atomic mass is 9.97. The fourth-order valence-electron chi connectivity index (χ4n) is 1.43. The van der Waals surface area contributed by atoms with Gasteiger partial charge in [-0.3, -0.25) is 0 Å². The molecule has 0 nitrogen and oxygen atoms in total. The summed E-state index contributed by atoms with van der Waals surface area (Å²) in [4.78, 5) is 0. The molecule has 0 rings (SSSR count). The molecule has 0 aliphatic heterocycles. The fraction of sp³-hybridized carbons (Fsp3) is 1.00. The molecular formula is C8H20Si. The van der Waals surface area contributed by atoms with E-state index in [0.717, 1.165) is 11.5 Å². The summed E-state index contributed by atoms with van der Waals surface area (Å²) in [6, 6.07) is 0. The van der Waals surface area contributed by atoms with E-state index < -0.39 is 0 Å². The van der Waals surface area contributed by atoms with Gasteiger partial charge < -0.3 is 0 Å². The monoisotopic (exact) mass is 144 g/mol. The highest BCUT2D eigenvalue weighted by Crippen LogP contribution is 2.24. The second kappa shape index (κ2) is 5.04. The zero-order valence-corrected chi connectivity index (χ0v) is 9.28. The summed E-state index contributed by atoms with van der Waals surface area (Å²) >= 11 is 0. The van der Waals surface area contributed by atoms with Crippen LogP contribution in [0.5, 0.6) is 0 Å². The quantitative estimate of drug-likeness (QED) is 0.529. The SMILES string of the molecule is CCC([SiH3])C(CC)CC.